The van der Waals surface area contributed by atoms with Gasteiger partial charge in [0.2, 0.25) is 0 Å². The number of benzene rings is 3. The van der Waals surface area contributed by atoms with Gasteiger partial charge in [0.25, 0.3) is 5.91 Å². The van der Waals surface area contributed by atoms with E-state index in [1.807, 2.05) is 61.5 Å². The second-order valence-electron chi connectivity index (χ2n) is 7.35. The topological polar surface area (TPSA) is 38.3 Å². The number of rotatable bonds is 6. The Labute approximate surface area is 166 Å². The van der Waals surface area contributed by atoms with Crippen molar-refractivity contribution in [2.24, 2.45) is 0 Å². The van der Waals surface area contributed by atoms with Crippen molar-refractivity contribution >= 4 is 5.91 Å². The van der Waals surface area contributed by atoms with Crippen LogP contribution in [0, 0.1) is 0 Å². The number of fused-ring (bicyclic) bond motifs is 1. The summed E-state index contributed by atoms with van der Waals surface area (Å²) < 4.78 is 5.93. The highest BCUT2D eigenvalue weighted by Gasteiger charge is 2.18. The van der Waals surface area contributed by atoms with E-state index < -0.39 is 0 Å². The molecular weight excluding hydrogens is 346 g/mol. The predicted octanol–water partition coefficient (Wildman–Crippen LogP) is 5.25. The van der Waals surface area contributed by atoms with Gasteiger partial charge in [0.1, 0.15) is 12.4 Å². The molecule has 0 saturated carbocycles. The van der Waals surface area contributed by atoms with Gasteiger partial charge in [-0.3, -0.25) is 4.79 Å². The molecule has 0 radical (unpaired) electrons. The van der Waals surface area contributed by atoms with Gasteiger partial charge in [-0.05, 0) is 60.6 Å². The molecule has 0 fully saturated rings. The molecule has 0 aromatic heterocycles. The fourth-order valence-electron chi connectivity index (χ4n) is 3.73. The molecule has 28 heavy (non-hydrogen) atoms. The molecule has 0 unspecified atom stereocenters. The van der Waals surface area contributed by atoms with Crippen LogP contribution in [0.15, 0.2) is 72.8 Å². The second-order valence-corrected chi connectivity index (χ2v) is 7.35. The summed E-state index contributed by atoms with van der Waals surface area (Å²) >= 11 is 0. The van der Waals surface area contributed by atoms with Gasteiger partial charge in [0.15, 0.2) is 0 Å². The van der Waals surface area contributed by atoms with Crippen molar-refractivity contribution in [3.63, 3.8) is 0 Å². The third-order valence-corrected chi connectivity index (χ3v) is 5.34. The predicted molar refractivity (Wildman–Crippen MR) is 112 cm³/mol. The maximum absolute atomic E-state index is 12.9. The molecule has 142 valence electrons. The summed E-state index contributed by atoms with van der Waals surface area (Å²) in [5, 5.41) is 3.12. The van der Waals surface area contributed by atoms with E-state index >= 15 is 0 Å². The number of amides is 1. The van der Waals surface area contributed by atoms with Gasteiger partial charge in [-0.2, -0.15) is 0 Å². The summed E-state index contributed by atoms with van der Waals surface area (Å²) in [6, 6.07) is 23.9. The lowest BCUT2D eigenvalue weighted by Gasteiger charge is -2.17. The third kappa shape index (κ3) is 4.09. The van der Waals surface area contributed by atoms with E-state index in [1.54, 1.807) is 0 Å². The SMILES string of the molecule is C[C@H](NC(=O)c1ccccc1OCc1ccccc1)c1ccc2c(c1)CCC2. The van der Waals surface area contributed by atoms with Crippen LogP contribution >= 0.6 is 0 Å². The molecular formula is C25H25NO2. The Balaban J connectivity index is 1.46. The smallest absolute Gasteiger partial charge is 0.255 e. The van der Waals surface area contributed by atoms with Crippen LogP contribution in [-0.4, -0.2) is 5.91 Å². The Bertz CT molecular complexity index is 965. The van der Waals surface area contributed by atoms with Crippen LogP contribution in [-0.2, 0) is 19.4 Å². The van der Waals surface area contributed by atoms with Crippen LogP contribution < -0.4 is 10.1 Å². The molecule has 3 nitrogen and oxygen atoms in total. The van der Waals surface area contributed by atoms with E-state index in [9.17, 15) is 4.79 Å². The first-order valence-electron chi connectivity index (χ1n) is 9.89. The first-order chi connectivity index (χ1) is 13.7. The van der Waals surface area contributed by atoms with E-state index in [4.69, 9.17) is 4.74 Å². The highest BCUT2D eigenvalue weighted by Crippen LogP contribution is 2.26. The summed E-state index contributed by atoms with van der Waals surface area (Å²) in [6.07, 6.45) is 3.54. The molecule has 0 aliphatic heterocycles. The summed E-state index contributed by atoms with van der Waals surface area (Å²) in [6.45, 7) is 2.47. The molecule has 1 atom stereocenters. The third-order valence-electron chi connectivity index (χ3n) is 5.34. The zero-order valence-electron chi connectivity index (χ0n) is 16.2. The standard InChI is InChI=1S/C25H25NO2/c1-18(21-15-14-20-10-7-11-22(20)16-21)26-25(27)23-12-5-6-13-24(23)28-17-19-8-3-2-4-9-19/h2-6,8-9,12-16,18H,7,10-11,17H2,1H3,(H,26,27)/t18-/m0/s1. The Morgan fingerprint density at radius 3 is 2.57 bits per heavy atom. The van der Waals surface area contributed by atoms with Crippen molar-refractivity contribution in [2.75, 3.05) is 0 Å². The van der Waals surface area contributed by atoms with Gasteiger partial charge < -0.3 is 10.1 Å². The number of nitrogens with one attached hydrogen (secondary N) is 1. The zero-order valence-corrected chi connectivity index (χ0v) is 16.2. The van der Waals surface area contributed by atoms with Crippen molar-refractivity contribution in [3.8, 4) is 5.75 Å². The molecule has 3 aromatic carbocycles. The Kier molecular flexibility index (Phi) is 5.43. The Hall–Kier alpha value is -3.07. The average molecular weight is 371 g/mol. The molecule has 0 heterocycles. The van der Waals surface area contributed by atoms with Gasteiger partial charge in [-0.25, -0.2) is 0 Å². The summed E-state index contributed by atoms with van der Waals surface area (Å²) in [4.78, 5) is 12.9. The first kappa shape index (κ1) is 18.3. The quantitative estimate of drug-likeness (QED) is 0.643. The van der Waals surface area contributed by atoms with Crippen LogP contribution in [0.25, 0.3) is 0 Å². The highest BCUT2D eigenvalue weighted by atomic mass is 16.5. The number of carbonyl (C=O) groups is 1. The van der Waals surface area contributed by atoms with Crippen molar-refractivity contribution in [2.45, 2.75) is 38.8 Å². The Morgan fingerprint density at radius 2 is 1.71 bits per heavy atom. The molecule has 0 saturated heterocycles. The van der Waals surface area contributed by atoms with Crippen molar-refractivity contribution in [1.82, 2.24) is 5.32 Å². The fraction of sp³-hybridized carbons (Fsp3) is 0.240. The van der Waals surface area contributed by atoms with Gasteiger partial charge in [0.05, 0.1) is 11.6 Å². The lowest BCUT2D eigenvalue weighted by Crippen LogP contribution is -2.27. The minimum atomic E-state index is -0.114. The van der Waals surface area contributed by atoms with Crippen molar-refractivity contribution in [3.05, 3.63) is 101 Å². The summed E-state index contributed by atoms with van der Waals surface area (Å²) in [7, 11) is 0. The minimum Gasteiger partial charge on any atom is -0.488 e. The first-order valence-corrected chi connectivity index (χ1v) is 9.89. The maximum Gasteiger partial charge on any atom is 0.255 e. The average Bonchev–Trinajstić information content (AvgIpc) is 3.21. The lowest BCUT2D eigenvalue weighted by molar-refractivity contribution is 0.0935. The largest absolute Gasteiger partial charge is 0.488 e. The highest BCUT2D eigenvalue weighted by molar-refractivity contribution is 5.97. The van der Waals surface area contributed by atoms with Gasteiger partial charge in [0, 0.05) is 0 Å². The minimum absolute atomic E-state index is 0.0550. The molecule has 3 aromatic rings. The van der Waals surface area contributed by atoms with Crippen LogP contribution in [0.1, 0.15) is 52.0 Å². The van der Waals surface area contributed by atoms with Crippen molar-refractivity contribution in [1.29, 1.82) is 0 Å². The van der Waals surface area contributed by atoms with Crippen molar-refractivity contribution < 1.29 is 9.53 Å². The van der Waals surface area contributed by atoms with E-state index in [1.165, 1.54) is 24.0 Å². The van der Waals surface area contributed by atoms with Crippen LogP contribution in [0.5, 0.6) is 5.75 Å². The van der Waals surface area contributed by atoms with Crippen LogP contribution in [0.3, 0.4) is 0 Å². The number of hydrogen-bond donors (Lipinski definition) is 1. The molecule has 0 bridgehead atoms. The van der Waals surface area contributed by atoms with E-state index in [0.29, 0.717) is 17.9 Å². The van der Waals surface area contributed by atoms with Gasteiger partial charge >= 0.3 is 0 Å². The molecule has 1 aliphatic rings. The molecule has 1 amide bonds. The summed E-state index contributed by atoms with van der Waals surface area (Å²) in [5.74, 6) is 0.488. The number of hydrogen-bond acceptors (Lipinski definition) is 2. The Morgan fingerprint density at radius 1 is 0.964 bits per heavy atom. The summed E-state index contributed by atoms with van der Waals surface area (Å²) in [5.41, 5.74) is 5.65. The normalized spacial score (nSPS) is 13.6. The molecule has 1 N–H and O–H groups in total. The molecule has 3 heteroatoms. The zero-order chi connectivity index (χ0) is 19.3. The van der Waals surface area contributed by atoms with Gasteiger partial charge in [-0.15, -0.1) is 0 Å². The number of ether oxygens (including phenoxy) is 1. The molecule has 1 aliphatic carbocycles. The van der Waals surface area contributed by atoms with Crippen LogP contribution in [0.4, 0.5) is 0 Å². The number of carbonyl (C=O) groups excluding carboxylic acids is 1. The number of aryl methyl sites for hydroxylation is 2. The monoisotopic (exact) mass is 371 g/mol. The second kappa shape index (κ2) is 8.30. The van der Waals surface area contributed by atoms with E-state index in [2.05, 4.69) is 23.5 Å². The lowest BCUT2D eigenvalue weighted by atomic mass is 10.0. The molecule has 4 rings (SSSR count). The van der Waals surface area contributed by atoms with E-state index in [0.717, 1.165) is 17.5 Å². The van der Waals surface area contributed by atoms with Crippen LogP contribution in [0.2, 0.25) is 0 Å². The van der Waals surface area contributed by atoms with E-state index in [-0.39, 0.29) is 11.9 Å². The molecule has 0 spiro atoms. The number of para-hydroxylation sites is 1. The maximum atomic E-state index is 12.9. The van der Waals surface area contributed by atoms with Gasteiger partial charge in [-0.1, -0.05) is 60.7 Å². The fourth-order valence-corrected chi connectivity index (χ4v) is 3.73.